The van der Waals surface area contributed by atoms with E-state index in [0.29, 0.717) is 11.1 Å². The molecule has 1 aromatic carbocycles. The number of pyridine rings is 2. The maximum atomic E-state index is 10.2. The van der Waals surface area contributed by atoms with Crippen LogP contribution in [0.25, 0.3) is 11.1 Å². The Labute approximate surface area is 150 Å². The van der Waals surface area contributed by atoms with Crippen molar-refractivity contribution in [2.45, 2.75) is 12.8 Å². The minimum absolute atomic E-state index is 0.161. The first-order valence-corrected chi connectivity index (χ1v) is 7.94. The molecule has 0 saturated carbocycles. The first kappa shape index (κ1) is 18.8. The van der Waals surface area contributed by atoms with E-state index in [9.17, 15) is 19.8 Å². The number of hydrogen-bond donors (Lipinski definition) is 0. The van der Waals surface area contributed by atoms with Crippen molar-refractivity contribution in [3.8, 4) is 11.1 Å². The summed E-state index contributed by atoms with van der Waals surface area (Å²) in [4.78, 5) is 26.4. The second-order valence-electron chi connectivity index (χ2n) is 5.49. The summed E-state index contributed by atoms with van der Waals surface area (Å²) >= 11 is 0. The molecule has 0 saturated heterocycles. The summed E-state index contributed by atoms with van der Waals surface area (Å²) in [5, 5.41) is 20.4. The van der Waals surface area contributed by atoms with Crippen LogP contribution in [0, 0.1) is 0 Å². The summed E-state index contributed by atoms with van der Waals surface area (Å²) in [5.41, 5.74) is 3.63. The number of rotatable bonds is 5. The third kappa shape index (κ3) is 6.52. The standard InChI is InChI=1S/C10H8N2.C10H10O4/c1-5-11-6-2-9(1)10-3-7-12-8-4-10;11-9(12)5-7-1-2-8(4-3-7)6-10(13)14/h1-8H;1-4H,5-6H2,(H,11,12)(H,13,14). The number of aliphatic carboxylic acids is 2. The summed E-state index contributed by atoms with van der Waals surface area (Å²) in [5.74, 6) is -2.31. The van der Waals surface area contributed by atoms with E-state index in [1.807, 2.05) is 24.8 Å². The highest BCUT2D eigenvalue weighted by Gasteiger charge is 1.97. The number of aromatic amines is 2. The van der Waals surface area contributed by atoms with E-state index in [2.05, 4.69) is 34.2 Å². The molecule has 0 aliphatic carbocycles. The molecular weight excluding hydrogens is 332 g/mol. The molecule has 132 valence electrons. The fourth-order valence-corrected chi connectivity index (χ4v) is 2.27. The molecule has 6 heteroatoms. The van der Waals surface area contributed by atoms with Gasteiger partial charge < -0.3 is 19.8 Å². The van der Waals surface area contributed by atoms with Gasteiger partial charge in [-0.3, -0.25) is 0 Å². The molecule has 0 atom stereocenters. The van der Waals surface area contributed by atoms with Gasteiger partial charge in [-0.2, -0.15) is 0 Å². The molecule has 6 nitrogen and oxygen atoms in total. The number of H-pyrrole nitrogens is 2. The summed E-state index contributed by atoms with van der Waals surface area (Å²) < 4.78 is 0. The summed E-state index contributed by atoms with van der Waals surface area (Å²) in [6.45, 7) is 0. The Balaban J connectivity index is 0.000000189. The lowest BCUT2D eigenvalue weighted by molar-refractivity contribution is -0.378. The van der Waals surface area contributed by atoms with Crippen LogP contribution in [0.5, 0.6) is 0 Å². The monoisotopic (exact) mass is 350 g/mol. The van der Waals surface area contributed by atoms with Crippen LogP contribution in [-0.2, 0) is 22.4 Å². The molecule has 0 aliphatic heterocycles. The molecule has 0 aliphatic rings. The number of carboxylic acids is 2. The fourth-order valence-electron chi connectivity index (χ4n) is 2.27. The Kier molecular flexibility index (Phi) is 7.00. The van der Waals surface area contributed by atoms with Crippen molar-refractivity contribution in [3.05, 3.63) is 84.4 Å². The molecule has 0 fully saturated rings. The third-order valence-corrected chi connectivity index (χ3v) is 3.49. The molecule has 3 aromatic rings. The minimum atomic E-state index is -1.15. The normalized spacial score (nSPS) is 9.69. The molecule has 0 amide bonds. The highest BCUT2D eigenvalue weighted by atomic mass is 16.4. The first-order chi connectivity index (χ1) is 12.5. The number of benzene rings is 1. The number of aromatic nitrogens is 2. The van der Waals surface area contributed by atoms with E-state index in [4.69, 9.17) is 0 Å². The smallest absolute Gasteiger partial charge is 0.167 e. The highest BCUT2D eigenvalue weighted by Crippen LogP contribution is 2.14. The van der Waals surface area contributed by atoms with E-state index >= 15 is 0 Å². The number of nitrogens with one attached hydrogen (secondary N) is 2. The van der Waals surface area contributed by atoms with Crippen LogP contribution < -0.4 is 20.2 Å². The molecule has 0 radical (unpaired) electrons. The zero-order valence-electron chi connectivity index (χ0n) is 14.0. The zero-order valence-corrected chi connectivity index (χ0v) is 14.0. The van der Waals surface area contributed by atoms with Gasteiger partial charge in [0.05, 0.1) is 0 Å². The molecule has 0 spiro atoms. The van der Waals surface area contributed by atoms with Crippen molar-refractivity contribution in [1.82, 2.24) is 0 Å². The van der Waals surface area contributed by atoms with Gasteiger partial charge in [0.2, 0.25) is 0 Å². The average molecular weight is 350 g/mol. The summed E-state index contributed by atoms with van der Waals surface area (Å²) in [6.07, 6.45) is 7.37. The van der Waals surface area contributed by atoms with Crippen LogP contribution in [0.4, 0.5) is 0 Å². The largest absolute Gasteiger partial charge is 0.550 e. The van der Waals surface area contributed by atoms with Gasteiger partial charge in [-0.05, 0) is 22.3 Å². The third-order valence-electron chi connectivity index (χ3n) is 3.49. The van der Waals surface area contributed by atoms with Crippen LogP contribution in [0.3, 0.4) is 0 Å². The van der Waals surface area contributed by atoms with E-state index < -0.39 is 11.9 Å². The average Bonchev–Trinajstić information content (AvgIpc) is 2.65. The van der Waals surface area contributed by atoms with Gasteiger partial charge in [0.15, 0.2) is 24.8 Å². The second-order valence-corrected chi connectivity index (χ2v) is 5.49. The highest BCUT2D eigenvalue weighted by molar-refractivity contribution is 5.69. The lowest BCUT2D eigenvalue weighted by atomic mass is 10.1. The van der Waals surface area contributed by atoms with Gasteiger partial charge in [-0.1, -0.05) is 24.3 Å². The van der Waals surface area contributed by atoms with E-state index in [0.717, 1.165) is 0 Å². The van der Waals surface area contributed by atoms with Gasteiger partial charge in [0.1, 0.15) is 0 Å². The van der Waals surface area contributed by atoms with Crippen molar-refractivity contribution in [2.24, 2.45) is 0 Å². The molecule has 2 aromatic heterocycles. The molecule has 2 heterocycles. The van der Waals surface area contributed by atoms with Gasteiger partial charge in [-0.15, -0.1) is 0 Å². The summed E-state index contributed by atoms with van der Waals surface area (Å²) in [6, 6.07) is 14.5. The maximum absolute atomic E-state index is 10.2. The van der Waals surface area contributed by atoms with Crippen molar-refractivity contribution < 1.29 is 29.8 Å². The van der Waals surface area contributed by atoms with Crippen LogP contribution in [0.2, 0.25) is 0 Å². The first-order valence-electron chi connectivity index (χ1n) is 7.94. The predicted molar refractivity (Wildman–Crippen MR) is 88.9 cm³/mol. The van der Waals surface area contributed by atoms with Crippen LogP contribution in [0.15, 0.2) is 73.3 Å². The summed E-state index contributed by atoms with van der Waals surface area (Å²) in [7, 11) is 0. The van der Waals surface area contributed by atoms with Crippen LogP contribution >= 0.6 is 0 Å². The lowest BCUT2D eigenvalue weighted by Crippen LogP contribution is -2.25. The Morgan fingerprint density at radius 1 is 0.615 bits per heavy atom. The van der Waals surface area contributed by atoms with Crippen molar-refractivity contribution in [3.63, 3.8) is 0 Å². The molecule has 26 heavy (non-hydrogen) atoms. The van der Waals surface area contributed by atoms with Crippen molar-refractivity contribution in [2.75, 3.05) is 0 Å². The second kappa shape index (κ2) is 9.68. The van der Waals surface area contributed by atoms with E-state index in [-0.39, 0.29) is 12.8 Å². The van der Waals surface area contributed by atoms with Gasteiger partial charge in [-0.25, -0.2) is 9.97 Å². The Bertz CT molecular complexity index is 762. The quantitative estimate of drug-likeness (QED) is 0.603. The SMILES string of the molecule is O=C([O-])Cc1ccc(CC(=O)[O-])cc1.c1cc(-c2cc[nH+]cc2)cc[nH+]1. The number of carbonyl (C=O) groups is 2. The molecule has 0 bridgehead atoms. The Morgan fingerprint density at radius 3 is 1.19 bits per heavy atom. The van der Waals surface area contributed by atoms with Crippen molar-refractivity contribution >= 4 is 11.9 Å². The Morgan fingerprint density at radius 2 is 0.923 bits per heavy atom. The van der Waals surface area contributed by atoms with Gasteiger partial charge in [0.25, 0.3) is 0 Å². The Hall–Kier alpha value is -3.54. The van der Waals surface area contributed by atoms with Gasteiger partial charge in [0, 0.05) is 49.0 Å². The zero-order chi connectivity index (χ0) is 18.8. The topological polar surface area (TPSA) is 109 Å². The maximum Gasteiger partial charge on any atom is 0.167 e. The molecular formula is C20H18N2O4. The molecule has 2 N–H and O–H groups in total. The minimum Gasteiger partial charge on any atom is -0.550 e. The van der Waals surface area contributed by atoms with E-state index in [1.54, 1.807) is 24.3 Å². The lowest BCUT2D eigenvalue weighted by Gasteiger charge is -2.05. The number of hydrogen-bond acceptors (Lipinski definition) is 4. The van der Waals surface area contributed by atoms with Crippen LogP contribution in [0.1, 0.15) is 11.1 Å². The van der Waals surface area contributed by atoms with Crippen molar-refractivity contribution in [1.29, 1.82) is 0 Å². The fraction of sp³-hybridized carbons (Fsp3) is 0.100. The number of carbonyl (C=O) groups excluding carboxylic acids is 2. The van der Waals surface area contributed by atoms with Crippen LogP contribution in [-0.4, -0.2) is 11.9 Å². The number of carboxylic acid groups (broad SMARTS) is 2. The molecule has 3 rings (SSSR count). The molecule has 0 unspecified atom stereocenters. The van der Waals surface area contributed by atoms with Gasteiger partial charge >= 0.3 is 0 Å². The predicted octanol–water partition coefficient (Wildman–Crippen LogP) is -0.747. The van der Waals surface area contributed by atoms with E-state index in [1.165, 1.54) is 11.1 Å².